The van der Waals surface area contributed by atoms with Gasteiger partial charge in [0.05, 0.1) is 23.7 Å². The Bertz CT molecular complexity index is 669. The average molecular weight is 355 g/mol. The maximum absolute atomic E-state index is 12.2. The number of ketones is 1. The highest BCUT2D eigenvalue weighted by molar-refractivity contribution is 9.10. The molecule has 2 rings (SSSR count). The maximum Gasteiger partial charge on any atom is 0.258 e. The number of ether oxygens (including phenoxy) is 1. The zero-order chi connectivity index (χ0) is 14.7. The lowest BCUT2D eigenvalue weighted by atomic mass is 10.2. The molecule has 2 aromatic rings. The van der Waals surface area contributed by atoms with Gasteiger partial charge in [0, 0.05) is 11.4 Å². The number of Topliss-reactive ketones (excluding diaryl/α,β-unsaturated/α-hetero) is 1. The Labute approximate surface area is 128 Å². The smallest absolute Gasteiger partial charge is 0.258 e. The van der Waals surface area contributed by atoms with Crippen LogP contribution in [0.3, 0.4) is 0 Å². The molecule has 0 aliphatic rings. The summed E-state index contributed by atoms with van der Waals surface area (Å²) < 4.78 is 5.74. The third-order valence-electron chi connectivity index (χ3n) is 2.49. The summed E-state index contributed by atoms with van der Waals surface area (Å²) in [5, 5.41) is 3.04. The Morgan fingerprint density at radius 1 is 1.40 bits per heavy atom. The van der Waals surface area contributed by atoms with Crippen molar-refractivity contribution in [3.05, 3.63) is 39.3 Å². The lowest BCUT2D eigenvalue weighted by Crippen LogP contribution is -2.12. The first-order valence-electron chi connectivity index (χ1n) is 5.63. The van der Waals surface area contributed by atoms with E-state index in [0.717, 1.165) is 11.3 Å². The number of nitrogens with one attached hydrogen (secondary N) is 1. The van der Waals surface area contributed by atoms with Crippen LogP contribution in [0.25, 0.3) is 0 Å². The first-order chi connectivity index (χ1) is 9.51. The van der Waals surface area contributed by atoms with E-state index in [1.165, 1.54) is 20.2 Å². The average Bonchev–Trinajstić information content (AvgIpc) is 2.88. The number of hydrogen-bond donors (Lipinski definition) is 1. The summed E-state index contributed by atoms with van der Waals surface area (Å²) in [5.74, 6) is 0.188. The van der Waals surface area contributed by atoms with Crippen LogP contribution < -0.4 is 10.1 Å². The lowest BCUT2D eigenvalue weighted by molar-refractivity contribution is 0.101. The van der Waals surface area contributed by atoms with Gasteiger partial charge >= 0.3 is 0 Å². The number of benzene rings is 1. The molecule has 7 heteroatoms. The van der Waals surface area contributed by atoms with Crippen molar-refractivity contribution < 1.29 is 14.3 Å². The molecule has 0 aliphatic heterocycles. The van der Waals surface area contributed by atoms with Gasteiger partial charge in [-0.3, -0.25) is 14.9 Å². The van der Waals surface area contributed by atoms with Crippen molar-refractivity contribution in [2.24, 2.45) is 0 Å². The standard InChI is InChI=1S/C13H11BrN2O3S/c1-7(17)11-6-15-13(20-11)16-12(18)9-5-8(19-2)3-4-10(9)14/h3-6H,1-2H3,(H,15,16,18). The minimum absolute atomic E-state index is 0.0782. The van der Waals surface area contributed by atoms with Gasteiger partial charge in [-0.15, -0.1) is 0 Å². The van der Waals surface area contributed by atoms with Crippen molar-refractivity contribution in [3.8, 4) is 5.75 Å². The number of thiazole rings is 1. The van der Waals surface area contributed by atoms with Gasteiger partial charge in [0.15, 0.2) is 10.9 Å². The summed E-state index contributed by atoms with van der Waals surface area (Å²) in [6.45, 7) is 1.46. The summed E-state index contributed by atoms with van der Waals surface area (Å²) in [6, 6.07) is 5.10. The van der Waals surface area contributed by atoms with Gasteiger partial charge in [-0.2, -0.15) is 0 Å². The largest absolute Gasteiger partial charge is 0.497 e. The molecular formula is C13H11BrN2O3S. The number of aromatic nitrogens is 1. The van der Waals surface area contributed by atoms with Gasteiger partial charge < -0.3 is 4.74 Å². The summed E-state index contributed by atoms with van der Waals surface area (Å²) in [7, 11) is 1.53. The molecule has 0 fully saturated rings. The molecule has 104 valence electrons. The van der Waals surface area contributed by atoms with E-state index in [0.29, 0.717) is 25.8 Å². The number of methoxy groups -OCH3 is 1. The highest BCUT2D eigenvalue weighted by Crippen LogP contribution is 2.25. The number of carbonyl (C=O) groups is 2. The van der Waals surface area contributed by atoms with Crippen molar-refractivity contribution in [1.29, 1.82) is 0 Å². The second kappa shape index (κ2) is 6.15. The quantitative estimate of drug-likeness (QED) is 0.854. The first kappa shape index (κ1) is 14.7. The minimum atomic E-state index is -0.319. The molecule has 1 aromatic carbocycles. The summed E-state index contributed by atoms with van der Waals surface area (Å²) in [5.41, 5.74) is 0.434. The highest BCUT2D eigenvalue weighted by Gasteiger charge is 2.14. The molecule has 0 radical (unpaired) electrons. The van der Waals surface area contributed by atoms with Crippen molar-refractivity contribution in [2.75, 3.05) is 12.4 Å². The lowest BCUT2D eigenvalue weighted by Gasteiger charge is -2.06. The van der Waals surface area contributed by atoms with Crippen molar-refractivity contribution >= 4 is 44.1 Å². The molecule has 5 nitrogen and oxygen atoms in total. The molecule has 1 heterocycles. The fourth-order valence-electron chi connectivity index (χ4n) is 1.46. The van der Waals surface area contributed by atoms with Crippen LogP contribution in [0, 0.1) is 0 Å². The number of carbonyl (C=O) groups excluding carboxylic acids is 2. The van der Waals surface area contributed by atoms with Crippen LogP contribution in [0.5, 0.6) is 5.75 Å². The van der Waals surface area contributed by atoms with E-state index in [-0.39, 0.29) is 11.7 Å². The van der Waals surface area contributed by atoms with Gasteiger partial charge in [-0.1, -0.05) is 11.3 Å². The fraction of sp³-hybridized carbons (Fsp3) is 0.154. The zero-order valence-corrected chi connectivity index (χ0v) is 13.2. The van der Waals surface area contributed by atoms with Crippen LogP contribution in [0.15, 0.2) is 28.9 Å². The third-order valence-corrected chi connectivity index (χ3v) is 4.20. The Morgan fingerprint density at radius 2 is 2.15 bits per heavy atom. The Morgan fingerprint density at radius 3 is 2.75 bits per heavy atom. The van der Waals surface area contributed by atoms with E-state index in [4.69, 9.17) is 4.74 Å². The SMILES string of the molecule is COc1ccc(Br)c(C(=O)Nc2ncc(C(C)=O)s2)c1. The van der Waals surface area contributed by atoms with Crippen LogP contribution >= 0.6 is 27.3 Å². The molecule has 0 atom stereocenters. The molecule has 1 N–H and O–H groups in total. The van der Waals surface area contributed by atoms with E-state index in [2.05, 4.69) is 26.2 Å². The van der Waals surface area contributed by atoms with E-state index >= 15 is 0 Å². The Kier molecular flexibility index (Phi) is 4.51. The number of halogens is 1. The van der Waals surface area contributed by atoms with E-state index in [1.807, 2.05) is 0 Å². The molecule has 0 bridgehead atoms. The molecule has 0 saturated heterocycles. The first-order valence-corrected chi connectivity index (χ1v) is 7.24. The summed E-state index contributed by atoms with van der Waals surface area (Å²) in [6.07, 6.45) is 1.45. The minimum Gasteiger partial charge on any atom is -0.497 e. The van der Waals surface area contributed by atoms with E-state index in [9.17, 15) is 9.59 Å². The van der Waals surface area contributed by atoms with Crippen molar-refractivity contribution in [1.82, 2.24) is 4.98 Å². The fourth-order valence-corrected chi connectivity index (χ4v) is 2.60. The number of amides is 1. The highest BCUT2D eigenvalue weighted by atomic mass is 79.9. The van der Waals surface area contributed by atoms with Gasteiger partial charge in [-0.05, 0) is 34.1 Å². The monoisotopic (exact) mass is 354 g/mol. The molecule has 20 heavy (non-hydrogen) atoms. The van der Waals surface area contributed by atoms with Gasteiger partial charge in [-0.25, -0.2) is 4.98 Å². The normalized spacial score (nSPS) is 10.2. The van der Waals surface area contributed by atoms with Gasteiger partial charge in [0.1, 0.15) is 5.75 Å². The van der Waals surface area contributed by atoms with Crippen molar-refractivity contribution in [3.63, 3.8) is 0 Å². The molecule has 1 aromatic heterocycles. The predicted octanol–water partition coefficient (Wildman–Crippen LogP) is 3.37. The van der Waals surface area contributed by atoms with E-state index < -0.39 is 0 Å². The molecule has 0 spiro atoms. The molecule has 0 unspecified atom stereocenters. The Balaban J connectivity index is 2.21. The van der Waals surface area contributed by atoms with Crippen LogP contribution in [0.2, 0.25) is 0 Å². The maximum atomic E-state index is 12.2. The van der Waals surface area contributed by atoms with Crippen LogP contribution in [0.4, 0.5) is 5.13 Å². The number of anilines is 1. The van der Waals surface area contributed by atoms with Gasteiger partial charge in [0.2, 0.25) is 0 Å². The Hall–Kier alpha value is -1.73. The molecule has 1 amide bonds. The summed E-state index contributed by atoms with van der Waals surface area (Å²) in [4.78, 5) is 27.9. The topological polar surface area (TPSA) is 68.3 Å². The third kappa shape index (κ3) is 3.23. The number of hydrogen-bond acceptors (Lipinski definition) is 5. The van der Waals surface area contributed by atoms with Gasteiger partial charge in [0.25, 0.3) is 5.91 Å². The molecule has 0 saturated carbocycles. The van der Waals surface area contributed by atoms with Crippen LogP contribution in [0.1, 0.15) is 27.0 Å². The van der Waals surface area contributed by atoms with Crippen molar-refractivity contribution in [2.45, 2.75) is 6.92 Å². The second-order valence-electron chi connectivity index (χ2n) is 3.89. The number of rotatable bonds is 4. The molecule has 0 aliphatic carbocycles. The van der Waals surface area contributed by atoms with Crippen LogP contribution in [-0.2, 0) is 0 Å². The van der Waals surface area contributed by atoms with E-state index in [1.54, 1.807) is 18.2 Å². The van der Waals surface area contributed by atoms with Crippen LogP contribution in [-0.4, -0.2) is 23.8 Å². The second-order valence-corrected chi connectivity index (χ2v) is 5.77. The zero-order valence-electron chi connectivity index (χ0n) is 10.8. The number of nitrogens with zero attached hydrogens (tertiary/aromatic N) is 1. The predicted molar refractivity (Wildman–Crippen MR) is 80.8 cm³/mol. The summed E-state index contributed by atoms with van der Waals surface area (Å²) >= 11 is 4.46. The molecular weight excluding hydrogens is 344 g/mol.